The van der Waals surface area contributed by atoms with Crippen molar-refractivity contribution in [1.82, 2.24) is 0 Å². The van der Waals surface area contributed by atoms with Crippen LogP contribution in [0.25, 0.3) is 11.1 Å². The number of anilines is 1. The Labute approximate surface area is 234 Å². The van der Waals surface area contributed by atoms with Crippen molar-refractivity contribution in [2.75, 3.05) is 11.4 Å². The Hall–Kier alpha value is -4.19. The minimum Gasteiger partial charge on any atom is -0.488 e. The molecule has 40 heavy (non-hydrogen) atoms. The van der Waals surface area contributed by atoms with Crippen LogP contribution in [-0.2, 0) is 30.4 Å². The van der Waals surface area contributed by atoms with Crippen LogP contribution < -0.4 is 14.4 Å². The Morgan fingerprint density at radius 1 is 0.800 bits per heavy atom. The molecule has 0 atom stereocenters. The number of carbonyl (C=O) groups excluding carboxylic acids is 1. The standard InChI is InChI=1S/C34H33F2NO3/c1-4-34(35,36)26-18-29(39-21-24-12-8-6-9-13-24)33(30(19-26)40-22-25-14-10-7-11-15-25)32-23(3)16-17-28-27(32)20-31(38)37(28)5-2/h6-19H,4-5,20-22H2,1-3H3. The molecule has 0 saturated carbocycles. The maximum atomic E-state index is 15.2. The summed E-state index contributed by atoms with van der Waals surface area (Å²) in [6, 6.07) is 26.0. The number of aryl methyl sites for hydroxylation is 1. The van der Waals surface area contributed by atoms with Gasteiger partial charge in [-0.1, -0.05) is 73.7 Å². The predicted octanol–water partition coefficient (Wildman–Crippen LogP) is 8.23. The Bertz CT molecular complexity index is 1440. The molecule has 1 aliphatic rings. The highest BCUT2D eigenvalue weighted by Crippen LogP contribution is 2.49. The third kappa shape index (κ3) is 5.44. The van der Waals surface area contributed by atoms with E-state index in [1.807, 2.05) is 86.6 Å². The Kier molecular flexibility index (Phi) is 7.88. The van der Waals surface area contributed by atoms with Crippen molar-refractivity contribution >= 4 is 11.6 Å². The normalized spacial score (nSPS) is 12.9. The molecule has 0 saturated heterocycles. The number of hydrogen-bond donors (Lipinski definition) is 0. The van der Waals surface area contributed by atoms with E-state index in [0.717, 1.165) is 33.5 Å². The van der Waals surface area contributed by atoms with Crippen molar-refractivity contribution in [3.05, 3.63) is 113 Å². The van der Waals surface area contributed by atoms with Crippen molar-refractivity contribution in [3.8, 4) is 22.6 Å². The first-order chi connectivity index (χ1) is 19.3. The van der Waals surface area contributed by atoms with Crippen LogP contribution in [-0.4, -0.2) is 12.5 Å². The molecule has 0 bridgehead atoms. The second-order valence-corrected chi connectivity index (χ2v) is 10.0. The summed E-state index contributed by atoms with van der Waals surface area (Å²) >= 11 is 0. The van der Waals surface area contributed by atoms with Gasteiger partial charge in [-0.3, -0.25) is 4.79 Å². The Morgan fingerprint density at radius 2 is 1.35 bits per heavy atom. The summed E-state index contributed by atoms with van der Waals surface area (Å²) in [5, 5.41) is 0. The van der Waals surface area contributed by atoms with E-state index < -0.39 is 5.92 Å². The highest BCUT2D eigenvalue weighted by molar-refractivity contribution is 6.05. The second-order valence-electron chi connectivity index (χ2n) is 10.0. The van der Waals surface area contributed by atoms with Gasteiger partial charge in [0.1, 0.15) is 24.7 Å². The number of carbonyl (C=O) groups is 1. The van der Waals surface area contributed by atoms with E-state index in [4.69, 9.17) is 9.47 Å². The Balaban J connectivity index is 1.72. The smallest absolute Gasteiger partial charge is 0.273 e. The predicted molar refractivity (Wildman–Crippen MR) is 154 cm³/mol. The van der Waals surface area contributed by atoms with E-state index in [-0.39, 0.29) is 37.5 Å². The van der Waals surface area contributed by atoms with Gasteiger partial charge in [0, 0.05) is 24.2 Å². The molecule has 0 aromatic heterocycles. The van der Waals surface area contributed by atoms with Gasteiger partial charge in [0.15, 0.2) is 0 Å². The van der Waals surface area contributed by atoms with Crippen LogP contribution in [0.5, 0.6) is 11.5 Å². The fraction of sp³-hybridized carbons (Fsp3) is 0.265. The van der Waals surface area contributed by atoms with Crippen molar-refractivity contribution in [2.45, 2.75) is 52.7 Å². The molecule has 1 amide bonds. The minimum absolute atomic E-state index is 0.0111. The van der Waals surface area contributed by atoms with Gasteiger partial charge >= 0.3 is 0 Å². The fourth-order valence-corrected chi connectivity index (χ4v) is 5.21. The largest absolute Gasteiger partial charge is 0.488 e. The third-order valence-corrected chi connectivity index (χ3v) is 7.39. The number of fused-ring (bicyclic) bond motifs is 1. The van der Waals surface area contributed by atoms with Gasteiger partial charge in [0.05, 0.1) is 12.0 Å². The van der Waals surface area contributed by atoms with Gasteiger partial charge in [-0.05, 0) is 59.9 Å². The highest BCUT2D eigenvalue weighted by Gasteiger charge is 2.35. The summed E-state index contributed by atoms with van der Waals surface area (Å²) < 4.78 is 43.0. The molecule has 0 fully saturated rings. The second kappa shape index (κ2) is 11.5. The molecule has 0 aliphatic carbocycles. The minimum atomic E-state index is -3.07. The van der Waals surface area contributed by atoms with Gasteiger partial charge in [-0.2, -0.15) is 0 Å². The molecule has 0 spiro atoms. The number of nitrogens with zero attached hydrogens (tertiary/aromatic N) is 1. The van der Waals surface area contributed by atoms with Crippen LogP contribution in [0.1, 0.15) is 48.1 Å². The van der Waals surface area contributed by atoms with Gasteiger partial charge in [-0.15, -0.1) is 0 Å². The molecule has 206 valence electrons. The number of hydrogen-bond acceptors (Lipinski definition) is 3. The SMILES string of the molecule is CCN1C(=O)Cc2c1ccc(C)c2-c1c(OCc2ccccc2)cc(C(F)(F)CC)cc1OCc1ccccc1. The first-order valence-electron chi connectivity index (χ1n) is 13.6. The van der Waals surface area contributed by atoms with Crippen molar-refractivity contribution < 1.29 is 23.0 Å². The zero-order chi connectivity index (χ0) is 28.3. The van der Waals surface area contributed by atoms with Gasteiger partial charge in [0.25, 0.3) is 5.92 Å². The van der Waals surface area contributed by atoms with E-state index in [1.54, 1.807) is 4.90 Å². The van der Waals surface area contributed by atoms with E-state index in [2.05, 4.69) is 0 Å². The molecule has 0 radical (unpaired) electrons. The Morgan fingerprint density at radius 3 is 1.85 bits per heavy atom. The number of likely N-dealkylation sites (N-methyl/N-ethyl adjacent to an activating group) is 1. The number of ether oxygens (including phenoxy) is 2. The molecule has 0 N–H and O–H groups in total. The van der Waals surface area contributed by atoms with Crippen molar-refractivity contribution in [1.29, 1.82) is 0 Å². The summed E-state index contributed by atoms with van der Waals surface area (Å²) in [6.07, 6.45) is -0.133. The maximum absolute atomic E-state index is 15.2. The summed E-state index contributed by atoms with van der Waals surface area (Å²) in [7, 11) is 0. The third-order valence-electron chi connectivity index (χ3n) is 7.39. The monoisotopic (exact) mass is 541 g/mol. The zero-order valence-corrected chi connectivity index (χ0v) is 23.0. The maximum Gasteiger partial charge on any atom is 0.273 e. The molecule has 1 heterocycles. The lowest BCUT2D eigenvalue weighted by atomic mass is 9.90. The van der Waals surface area contributed by atoms with E-state index in [1.165, 1.54) is 19.1 Å². The molecule has 0 unspecified atom stereocenters. The summed E-state index contributed by atoms with van der Waals surface area (Å²) in [5.41, 5.74) is 5.64. The van der Waals surface area contributed by atoms with Gasteiger partial charge in [0.2, 0.25) is 5.91 Å². The van der Waals surface area contributed by atoms with Crippen LogP contribution in [0, 0.1) is 6.92 Å². The number of benzene rings is 4. The van der Waals surface area contributed by atoms with Crippen LogP contribution >= 0.6 is 0 Å². The molecule has 4 aromatic carbocycles. The molecule has 6 heteroatoms. The molecule has 5 rings (SSSR count). The van der Waals surface area contributed by atoms with Crippen LogP contribution in [0.2, 0.25) is 0 Å². The lowest BCUT2D eigenvalue weighted by Crippen LogP contribution is -2.25. The first kappa shape index (κ1) is 27.4. The quantitative estimate of drug-likeness (QED) is 0.203. The first-order valence-corrected chi connectivity index (χ1v) is 13.6. The summed E-state index contributed by atoms with van der Waals surface area (Å²) in [5.74, 6) is -2.46. The van der Waals surface area contributed by atoms with Gasteiger partial charge < -0.3 is 14.4 Å². The van der Waals surface area contributed by atoms with E-state index in [9.17, 15) is 4.79 Å². The summed E-state index contributed by atoms with van der Waals surface area (Å²) in [4.78, 5) is 14.7. The zero-order valence-electron chi connectivity index (χ0n) is 23.0. The lowest BCUT2D eigenvalue weighted by molar-refractivity contribution is -0.117. The molecular weight excluding hydrogens is 508 g/mol. The molecule has 1 aliphatic heterocycles. The average Bonchev–Trinajstić information content (AvgIpc) is 3.30. The number of halogens is 2. The van der Waals surface area contributed by atoms with E-state index in [0.29, 0.717) is 23.6 Å². The van der Waals surface area contributed by atoms with Crippen molar-refractivity contribution in [2.24, 2.45) is 0 Å². The van der Waals surface area contributed by atoms with Crippen LogP contribution in [0.15, 0.2) is 84.9 Å². The van der Waals surface area contributed by atoms with Crippen LogP contribution in [0.3, 0.4) is 0 Å². The average molecular weight is 542 g/mol. The fourth-order valence-electron chi connectivity index (χ4n) is 5.21. The number of rotatable bonds is 10. The van der Waals surface area contributed by atoms with Gasteiger partial charge in [-0.25, -0.2) is 8.78 Å². The lowest BCUT2D eigenvalue weighted by Gasteiger charge is -2.24. The highest BCUT2D eigenvalue weighted by atomic mass is 19.3. The van der Waals surface area contributed by atoms with E-state index >= 15 is 8.78 Å². The topological polar surface area (TPSA) is 38.8 Å². The number of alkyl halides is 2. The molecular formula is C34H33F2NO3. The van der Waals surface area contributed by atoms with Crippen molar-refractivity contribution in [3.63, 3.8) is 0 Å². The summed E-state index contributed by atoms with van der Waals surface area (Å²) in [6.45, 7) is 6.30. The van der Waals surface area contributed by atoms with Crippen LogP contribution in [0.4, 0.5) is 14.5 Å². The molecule has 4 aromatic rings. The number of amides is 1. The molecule has 4 nitrogen and oxygen atoms in total.